The van der Waals surface area contributed by atoms with E-state index in [1.165, 1.54) is 12.8 Å². The Bertz CT molecular complexity index is 1040. The number of imidazole rings is 1. The number of nitrogens with zero attached hydrogens (tertiary/aromatic N) is 2. The Hall–Kier alpha value is -2.82. The summed E-state index contributed by atoms with van der Waals surface area (Å²) in [6.07, 6.45) is 3.13. The maximum absolute atomic E-state index is 12.2. The first-order chi connectivity index (χ1) is 12.6. The smallest absolute Gasteiger partial charge is 0.326 e. The van der Waals surface area contributed by atoms with Gasteiger partial charge < -0.3 is 9.88 Å². The number of aromatic amines is 1. The van der Waals surface area contributed by atoms with Crippen LogP contribution >= 0.6 is 0 Å². The summed E-state index contributed by atoms with van der Waals surface area (Å²) in [5.74, 6) is 0.289. The molecule has 132 valence electrons. The number of para-hydroxylation sites is 2. The SMILES string of the molecule is O=C1CC2(CC2)CN1Cc1ccc(Cn2c(=O)[nH]c3ccccc32)cc1. The third-order valence-corrected chi connectivity index (χ3v) is 5.78. The fourth-order valence-electron chi connectivity index (χ4n) is 4.05. The molecule has 1 amide bonds. The fraction of sp³-hybridized carbons (Fsp3) is 0.333. The number of H-pyrrole nitrogens is 1. The van der Waals surface area contributed by atoms with Gasteiger partial charge in [0.1, 0.15) is 0 Å². The molecular formula is C21H21N3O2. The van der Waals surface area contributed by atoms with Crippen LogP contribution in [0.2, 0.25) is 0 Å². The highest BCUT2D eigenvalue weighted by Gasteiger charge is 2.51. The van der Waals surface area contributed by atoms with Crippen LogP contribution in [0.3, 0.4) is 0 Å². The quantitative estimate of drug-likeness (QED) is 0.789. The molecule has 5 nitrogen and oxygen atoms in total. The van der Waals surface area contributed by atoms with Crippen LogP contribution in [0.4, 0.5) is 0 Å². The Labute approximate surface area is 151 Å². The zero-order chi connectivity index (χ0) is 17.7. The van der Waals surface area contributed by atoms with Crippen molar-refractivity contribution < 1.29 is 4.79 Å². The second kappa shape index (κ2) is 5.59. The van der Waals surface area contributed by atoms with Crippen molar-refractivity contribution in [2.75, 3.05) is 6.54 Å². The van der Waals surface area contributed by atoms with Crippen molar-refractivity contribution in [1.82, 2.24) is 14.5 Å². The van der Waals surface area contributed by atoms with Gasteiger partial charge in [-0.3, -0.25) is 9.36 Å². The summed E-state index contributed by atoms with van der Waals surface area (Å²) in [4.78, 5) is 29.2. The van der Waals surface area contributed by atoms with Gasteiger partial charge in [0.2, 0.25) is 5.91 Å². The van der Waals surface area contributed by atoms with E-state index in [0.29, 0.717) is 18.5 Å². The normalized spacial score (nSPS) is 18.2. The number of aromatic nitrogens is 2. The minimum Gasteiger partial charge on any atom is -0.338 e. The Morgan fingerprint density at radius 2 is 1.62 bits per heavy atom. The molecule has 1 aliphatic carbocycles. The van der Waals surface area contributed by atoms with Crippen molar-refractivity contribution in [2.45, 2.75) is 32.4 Å². The number of hydrogen-bond acceptors (Lipinski definition) is 2. The molecule has 2 heterocycles. The number of carbonyl (C=O) groups excluding carboxylic acids is 1. The van der Waals surface area contributed by atoms with Gasteiger partial charge >= 0.3 is 5.69 Å². The van der Waals surface area contributed by atoms with Gasteiger partial charge in [0.15, 0.2) is 0 Å². The van der Waals surface area contributed by atoms with Crippen LogP contribution in [0.15, 0.2) is 53.3 Å². The Kier molecular flexibility index (Phi) is 3.32. The summed E-state index contributed by atoms with van der Waals surface area (Å²) in [6.45, 7) is 2.14. The number of carbonyl (C=O) groups is 1. The lowest BCUT2D eigenvalue weighted by Crippen LogP contribution is -2.24. The summed E-state index contributed by atoms with van der Waals surface area (Å²) in [5, 5.41) is 0. The van der Waals surface area contributed by atoms with Crippen molar-refractivity contribution in [3.63, 3.8) is 0 Å². The molecule has 1 saturated heterocycles. The van der Waals surface area contributed by atoms with Crippen molar-refractivity contribution >= 4 is 16.9 Å². The van der Waals surface area contributed by atoms with Crippen molar-refractivity contribution in [1.29, 1.82) is 0 Å². The standard InChI is InChI=1S/C21H21N3O2/c25-19-11-21(9-10-21)14-23(19)12-15-5-7-16(8-6-15)13-24-18-4-2-1-3-17(18)22-20(24)26/h1-8H,9-14H2,(H,22,26). The highest BCUT2D eigenvalue weighted by Crippen LogP contribution is 2.53. The number of nitrogens with one attached hydrogen (secondary N) is 1. The van der Waals surface area contributed by atoms with Crippen LogP contribution < -0.4 is 5.69 Å². The van der Waals surface area contributed by atoms with E-state index >= 15 is 0 Å². The molecule has 0 radical (unpaired) electrons. The molecule has 0 atom stereocenters. The van der Waals surface area contributed by atoms with Gasteiger partial charge in [-0.1, -0.05) is 36.4 Å². The lowest BCUT2D eigenvalue weighted by atomic mass is 10.1. The van der Waals surface area contributed by atoms with Gasteiger partial charge in [-0.25, -0.2) is 4.79 Å². The minimum atomic E-state index is -0.0901. The first-order valence-corrected chi connectivity index (χ1v) is 9.15. The Morgan fingerprint density at radius 3 is 2.31 bits per heavy atom. The lowest BCUT2D eigenvalue weighted by Gasteiger charge is -2.16. The van der Waals surface area contributed by atoms with Gasteiger partial charge in [0.05, 0.1) is 17.6 Å². The van der Waals surface area contributed by atoms with E-state index in [1.54, 1.807) is 4.57 Å². The second-order valence-electron chi connectivity index (χ2n) is 7.78. The van der Waals surface area contributed by atoms with E-state index < -0.39 is 0 Å². The Morgan fingerprint density at radius 1 is 0.923 bits per heavy atom. The van der Waals surface area contributed by atoms with Crippen LogP contribution in [-0.2, 0) is 17.9 Å². The zero-order valence-electron chi connectivity index (χ0n) is 14.6. The van der Waals surface area contributed by atoms with Gasteiger partial charge in [-0.05, 0) is 41.5 Å². The van der Waals surface area contributed by atoms with E-state index in [2.05, 4.69) is 29.2 Å². The molecule has 1 N–H and O–H groups in total. The first-order valence-electron chi connectivity index (χ1n) is 9.15. The van der Waals surface area contributed by atoms with Crippen LogP contribution in [0.25, 0.3) is 11.0 Å². The average Bonchev–Trinajstić information content (AvgIpc) is 3.21. The number of fused-ring (bicyclic) bond motifs is 1. The first kappa shape index (κ1) is 15.4. The molecule has 0 unspecified atom stereocenters. The highest BCUT2D eigenvalue weighted by molar-refractivity contribution is 5.80. The van der Waals surface area contributed by atoms with Crippen molar-refractivity contribution in [2.24, 2.45) is 5.41 Å². The fourth-order valence-corrected chi connectivity index (χ4v) is 4.05. The summed E-state index contributed by atoms with van der Waals surface area (Å²) in [6, 6.07) is 16.0. The summed E-state index contributed by atoms with van der Waals surface area (Å²) >= 11 is 0. The maximum atomic E-state index is 12.2. The third-order valence-electron chi connectivity index (χ3n) is 5.78. The van der Waals surface area contributed by atoms with E-state index in [1.807, 2.05) is 29.2 Å². The van der Waals surface area contributed by atoms with E-state index in [0.717, 1.165) is 35.1 Å². The molecule has 1 aliphatic heterocycles. The highest BCUT2D eigenvalue weighted by atomic mass is 16.2. The Balaban J connectivity index is 1.33. The van der Waals surface area contributed by atoms with E-state index in [4.69, 9.17) is 0 Å². The molecular weight excluding hydrogens is 326 g/mol. The van der Waals surface area contributed by atoms with Crippen LogP contribution in [-0.4, -0.2) is 26.9 Å². The van der Waals surface area contributed by atoms with Gasteiger partial charge in [-0.15, -0.1) is 0 Å². The van der Waals surface area contributed by atoms with Crippen molar-refractivity contribution in [3.05, 3.63) is 70.1 Å². The largest absolute Gasteiger partial charge is 0.338 e. The number of amides is 1. The van der Waals surface area contributed by atoms with Crippen LogP contribution in [0.5, 0.6) is 0 Å². The third kappa shape index (κ3) is 2.64. The molecule has 5 heteroatoms. The predicted octanol–water partition coefficient (Wildman–Crippen LogP) is 2.89. The topological polar surface area (TPSA) is 58.1 Å². The average molecular weight is 347 g/mol. The molecule has 1 spiro atoms. The van der Waals surface area contributed by atoms with E-state index in [-0.39, 0.29) is 11.6 Å². The molecule has 26 heavy (non-hydrogen) atoms. The predicted molar refractivity (Wildman–Crippen MR) is 99.8 cm³/mol. The lowest BCUT2D eigenvalue weighted by molar-refractivity contribution is -0.128. The summed E-state index contributed by atoms with van der Waals surface area (Å²) in [5.41, 5.74) is 4.22. The molecule has 2 fully saturated rings. The van der Waals surface area contributed by atoms with Crippen molar-refractivity contribution in [3.8, 4) is 0 Å². The van der Waals surface area contributed by atoms with E-state index in [9.17, 15) is 9.59 Å². The number of likely N-dealkylation sites (tertiary alicyclic amines) is 1. The van der Waals surface area contributed by atoms with Gasteiger partial charge in [0.25, 0.3) is 0 Å². The van der Waals surface area contributed by atoms with Crippen LogP contribution in [0, 0.1) is 5.41 Å². The molecule has 5 rings (SSSR count). The maximum Gasteiger partial charge on any atom is 0.326 e. The minimum absolute atomic E-state index is 0.0901. The monoisotopic (exact) mass is 347 g/mol. The molecule has 2 aliphatic rings. The van der Waals surface area contributed by atoms with Gasteiger partial charge in [0, 0.05) is 19.5 Å². The molecule has 1 aromatic heterocycles. The molecule has 1 saturated carbocycles. The molecule has 0 bridgehead atoms. The van der Waals surface area contributed by atoms with Crippen LogP contribution in [0.1, 0.15) is 30.4 Å². The number of hydrogen-bond donors (Lipinski definition) is 1. The summed E-state index contributed by atoms with van der Waals surface area (Å²) < 4.78 is 1.76. The second-order valence-corrected chi connectivity index (χ2v) is 7.78. The zero-order valence-corrected chi connectivity index (χ0v) is 14.6. The summed E-state index contributed by atoms with van der Waals surface area (Å²) in [7, 11) is 0. The van der Waals surface area contributed by atoms with Gasteiger partial charge in [-0.2, -0.15) is 0 Å². The number of benzene rings is 2. The number of rotatable bonds is 4. The molecule has 3 aromatic rings. The molecule has 2 aromatic carbocycles.